The van der Waals surface area contributed by atoms with E-state index in [0.717, 1.165) is 50.7 Å². The maximum Gasteiger partial charge on any atom is 0.122 e. The van der Waals surface area contributed by atoms with Gasteiger partial charge in [-0.15, -0.1) is 0 Å². The van der Waals surface area contributed by atoms with E-state index in [9.17, 15) is 10.2 Å². The average molecular weight is 393 g/mol. The molecular formula is C23H36O5. The molecule has 0 radical (unpaired) electrons. The minimum Gasteiger partial charge on any atom is -0.491 e. The fourth-order valence-corrected chi connectivity index (χ4v) is 5.29. The highest BCUT2D eigenvalue weighted by molar-refractivity contribution is 5.43. The molecule has 2 aliphatic rings. The van der Waals surface area contributed by atoms with E-state index in [1.54, 1.807) is 0 Å². The first-order chi connectivity index (χ1) is 13.6. The molecule has 0 heterocycles. The van der Waals surface area contributed by atoms with Crippen LogP contribution in [0.4, 0.5) is 0 Å². The van der Waals surface area contributed by atoms with Crippen LogP contribution in [0.15, 0.2) is 18.2 Å². The van der Waals surface area contributed by atoms with Gasteiger partial charge in [-0.05, 0) is 73.5 Å². The number of benzene rings is 1. The van der Waals surface area contributed by atoms with Crippen LogP contribution < -0.4 is 4.74 Å². The van der Waals surface area contributed by atoms with E-state index in [1.165, 1.54) is 24.0 Å². The number of hydrogen-bond acceptors (Lipinski definition) is 5. The molecule has 0 spiro atoms. The predicted molar refractivity (Wildman–Crippen MR) is 108 cm³/mol. The first-order valence-electron chi connectivity index (χ1n) is 11.0. The van der Waals surface area contributed by atoms with Crippen molar-refractivity contribution >= 4 is 0 Å². The van der Waals surface area contributed by atoms with Gasteiger partial charge in [0.05, 0.1) is 12.2 Å². The van der Waals surface area contributed by atoms with E-state index in [-0.39, 0.29) is 24.7 Å². The third-order valence-electron chi connectivity index (χ3n) is 6.75. The summed E-state index contributed by atoms with van der Waals surface area (Å²) in [6.07, 6.45) is 8.29. The highest BCUT2D eigenvalue weighted by Gasteiger charge is 2.44. The maximum absolute atomic E-state index is 10.7. The van der Waals surface area contributed by atoms with Crippen molar-refractivity contribution in [2.45, 2.75) is 76.9 Å². The predicted octanol–water partition coefficient (Wildman–Crippen LogP) is 3.99. The molecule has 0 bridgehead atoms. The molecule has 1 fully saturated rings. The molecule has 0 aromatic heterocycles. The topological polar surface area (TPSA) is 79.2 Å². The highest BCUT2D eigenvalue weighted by Crippen LogP contribution is 2.48. The summed E-state index contributed by atoms with van der Waals surface area (Å²) < 4.78 is 5.79. The number of ether oxygens (including phenoxy) is 1. The normalized spacial score (nSPS) is 27.3. The summed E-state index contributed by atoms with van der Waals surface area (Å²) in [5, 5.41) is 29.5. The Morgan fingerprint density at radius 2 is 2.00 bits per heavy atom. The van der Waals surface area contributed by atoms with E-state index < -0.39 is 0 Å². The second-order valence-corrected chi connectivity index (χ2v) is 8.60. The minimum absolute atomic E-state index is 0.150. The Bertz CT molecular complexity index is 605. The van der Waals surface area contributed by atoms with Crippen molar-refractivity contribution in [1.82, 2.24) is 0 Å². The standard InChI is InChI=1S/C23H36O5/c1-2-3-4-7-18(24)9-10-19-20-13-16-6-5-8-23(27-11-12-28-26)21(16)14-17(20)15-22(19)25/h5-6,8,17-20,22,24-26H,2-4,7,9-15H2,1H3/t17?,18-,19+,20-,22+/m0/s1. The zero-order valence-corrected chi connectivity index (χ0v) is 17.1. The van der Waals surface area contributed by atoms with Crippen molar-refractivity contribution in [2.75, 3.05) is 13.2 Å². The summed E-state index contributed by atoms with van der Waals surface area (Å²) >= 11 is 0. The Labute approximate surface area is 168 Å². The van der Waals surface area contributed by atoms with Gasteiger partial charge in [0.1, 0.15) is 19.0 Å². The highest BCUT2D eigenvalue weighted by atomic mass is 17.1. The number of aliphatic hydroxyl groups excluding tert-OH is 2. The molecule has 0 saturated heterocycles. The van der Waals surface area contributed by atoms with Crippen LogP contribution in [0, 0.1) is 17.8 Å². The molecule has 3 N–H and O–H groups in total. The Morgan fingerprint density at radius 3 is 2.79 bits per heavy atom. The smallest absolute Gasteiger partial charge is 0.122 e. The third kappa shape index (κ3) is 5.26. The zero-order valence-electron chi connectivity index (χ0n) is 17.1. The Balaban J connectivity index is 1.60. The van der Waals surface area contributed by atoms with E-state index in [0.29, 0.717) is 18.4 Å². The van der Waals surface area contributed by atoms with Gasteiger partial charge in [-0.2, -0.15) is 0 Å². The van der Waals surface area contributed by atoms with E-state index >= 15 is 0 Å². The van der Waals surface area contributed by atoms with Crippen molar-refractivity contribution in [1.29, 1.82) is 0 Å². The lowest BCUT2D eigenvalue weighted by Gasteiger charge is -2.32. The monoisotopic (exact) mass is 392 g/mol. The number of hydrogen-bond donors (Lipinski definition) is 3. The quantitative estimate of drug-likeness (QED) is 0.301. The van der Waals surface area contributed by atoms with Crippen LogP contribution in [0.25, 0.3) is 0 Å². The molecule has 28 heavy (non-hydrogen) atoms. The number of unbranched alkanes of at least 4 members (excludes halogenated alkanes) is 2. The summed E-state index contributed by atoms with van der Waals surface area (Å²) in [5.74, 6) is 2.12. The Morgan fingerprint density at radius 1 is 1.14 bits per heavy atom. The van der Waals surface area contributed by atoms with Gasteiger partial charge in [-0.1, -0.05) is 38.3 Å². The van der Waals surface area contributed by atoms with Gasteiger partial charge in [0, 0.05) is 0 Å². The van der Waals surface area contributed by atoms with Gasteiger partial charge in [0.25, 0.3) is 0 Å². The summed E-state index contributed by atoms with van der Waals surface area (Å²) in [4.78, 5) is 4.10. The summed E-state index contributed by atoms with van der Waals surface area (Å²) in [7, 11) is 0. The van der Waals surface area contributed by atoms with E-state index in [1.807, 2.05) is 12.1 Å². The first-order valence-corrected chi connectivity index (χ1v) is 11.0. The maximum atomic E-state index is 10.7. The largest absolute Gasteiger partial charge is 0.491 e. The van der Waals surface area contributed by atoms with Crippen molar-refractivity contribution in [3.63, 3.8) is 0 Å². The second-order valence-electron chi connectivity index (χ2n) is 8.60. The SMILES string of the molecule is CCCCC[C@H](O)CC[C@H]1[C@H](O)CC2Cc3c(cccc3OCCOO)C[C@@H]21. The van der Waals surface area contributed by atoms with Gasteiger partial charge in [0.2, 0.25) is 0 Å². The number of aliphatic hydroxyl groups is 2. The van der Waals surface area contributed by atoms with Crippen molar-refractivity contribution in [2.24, 2.45) is 17.8 Å². The Kier molecular flexibility index (Phi) is 8.15. The zero-order chi connectivity index (χ0) is 19.9. The molecule has 0 aliphatic heterocycles. The first kappa shape index (κ1) is 21.6. The lowest BCUT2D eigenvalue weighted by molar-refractivity contribution is -0.245. The molecule has 158 valence electrons. The van der Waals surface area contributed by atoms with Crippen molar-refractivity contribution < 1.29 is 25.1 Å². The summed E-state index contributed by atoms with van der Waals surface area (Å²) in [6, 6.07) is 6.17. The number of rotatable bonds is 11. The fourth-order valence-electron chi connectivity index (χ4n) is 5.29. The Hall–Kier alpha value is -1.14. The third-order valence-corrected chi connectivity index (χ3v) is 6.75. The lowest BCUT2D eigenvalue weighted by Crippen LogP contribution is -2.28. The van der Waals surface area contributed by atoms with E-state index in [2.05, 4.69) is 17.9 Å². The number of fused-ring (bicyclic) bond motifs is 2. The van der Waals surface area contributed by atoms with Crippen LogP contribution in [0.2, 0.25) is 0 Å². The van der Waals surface area contributed by atoms with Crippen molar-refractivity contribution in [3.8, 4) is 5.75 Å². The molecule has 1 saturated carbocycles. The van der Waals surface area contributed by atoms with Gasteiger partial charge in [-0.25, -0.2) is 4.89 Å². The van der Waals surface area contributed by atoms with Gasteiger partial charge < -0.3 is 14.9 Å². The molecular weight excluding hydrogens is 356 g/mol. The van der Waals surface area contributed by atoms with Gasteiger partial charge in [0.15, 0.2) is 0 Å². The fraction of sp³-hybridized carbons (Fsp3) is 0.739. The molecule has 2 aliphatic carbocycles. The molecule has 3 rings (SSSR count). The molecule has 1 aromatic carbocycles. The molecule has 1 unspecified atom stereocenters. The van der Waals surface area contributed by atoms with Crippen LogP contribution in [0.5, 0.6) is 5.75 Å². The van der Waals surface area contributed by atoms with Gasteiger partial charge >= 0.3 is 0 Å². The molecule has 1 aromatic rings. The molecule has 5 nitrogen and oxygen atoms in total. The summed E-state index contributed by atoms with van der Waals surface area (Å²) in [5.41, 5.74) is 2.56. The van der Waals surface area contributed by atoms with Crippen LogP contribution in [0.1, 0.15) is 63.0 Å². The molecule has 5 atom stereocenters. The lowest BCUT2D eigenvalue weighted by atomic mass is 9.73. The van der Waals surface area contributed by atoms with Crippen LogP contribution in [-0.4, -0.2) is 40.9 Å². The van der Waals surface area contributed by atoms with Crippen LogP contribution in [0.3, 0.4) is 0 Å². The summed E-state index contributed by atoms with van der Waals surface area (Å²) in [6.45, 7) is 2.65. The van der Waals surface area contributed by atoms with Crippen LogP contribution in [-0.2, 0) is 17.7 Å². The molecule has 0 amide bonds. The van der Waals surface area contributed by atoms with Crippen LogP contribution >= 0.6 is 0 Å². The molecule has 5 heteroatoms. The van der Waals surface area contributed by atoms with Crippen molar-refractivity contribution in [3.05, 3.63) is 29.3 Å². The average Bonchev–Trinajstić information content (AvgIpc) is 2.99. The second kappa shape index (κ2) is 10.6. The minimum atomic E-state index is -0.265. The van der Waals surface area contributed by atoms with Gasteiger partial charge in [-0.3, -0.25) is 5.26 Å². The van der Waals surface area contributed by atoms with E-state index in [4.69, 9.17) is 9.99 Å².